The quantitative estimate of drug-likeness (QED) is 0.809. The van der Waals surface area contributed by atoms with Crippen molar-refractivity contribution in [3.8, 4) is 0 Å². The number of nitrogens with zero attached hydrogens (tertiary/aromatic N) is 2. The number of amides is 2. The molecule has 0 aliphatic rings. The zero-order chi connectivity index (χ0) is 15.4. The van der Waals surface area contributed by atoms with Crippen molar-refractivity contribution in [3.63, 3.8) is 0 Å². The summed E-state index contributed by atoms with van der Waals surface area (Å²) in [7, 11) is 0. The minimum absolute atomic E-state index is 0.148. The van der Waals surface area contributed by atoms with Crippen molar-refractivity contribution in [2.24, 2.45) is 5.73 Å². The Morgan fingerprint density at radius 3 is 2.71 bits per heavy atom. The molecule has 1 aromatic heterocycles. The van der Waals surface area contributed by atoms with E-state index in [9.17, 15) is 9.59 Å². The Balaban J connectivity index is 2.24. The number of nitrogen functional groups attached to an aromatic ring is 1. The number of thiazole rings is 1. The molecule has 6 nitrogen and oxygen atoms in total. The van der Waals surface area contributed by atoms with E-state index in [-0.39, 0.29) is 19.0 Å². The summed E-state index contributed by atoms with van der Waals surface area (Å²) in [4.78, 5) is 29.7. The highest BCUT2D eigenvalue weighted by Crippen LogP contribution is 2.17. The Hall–Kier alpha value is -2.41. The van der Waals surface area contributed by atoms with Crippen LogP contribution in [0.25, 0.3) is 0 Å². The van der Waals surface area contributed by atoms with Crippen LogP contribution < -0.4 is 11.5 Å². The van der Waals surface area contributed by atoms with E-state index < -0.39 is 5.91 Å². The fraction of sp³-hybridized carbons (Fsp3) is 0.214. The Morgan fingerprint density at radius 2 is 2.14 bits per heavy atom. The minimum atomic E-state index is -0.561. The van der Waals surface area contributed by atoms with Crippen LogP contribution in [-0.2, 0) is 11.3 Å². The summed E-state index contributed by atoms with van der Waals surface area (Å²) in [5.74, 6) is -0.814. The van der Waals surface area contributed by atoms with Crippen molar-refractivity contribution in [3.05, 3.63) is 45.9 Å². The van der Waals surface area contributed by atoms with Crippen LogP contribution in [0.4, 0.5) is 5.69 Å². The number of rotatable bonds is 5. The number of carbonyl (C=O) groups excluding carboxylic acids is 2. The molecule has 0 saturated carbocycles. The molecule has 0 aliphatic heterocycles. The van der Waals surface area contributed by atoms with Gasteiger partial charge in [-0.2, -0.15) is 0 Å². The van der Waals surface area contributed by atoms with Crippen molar-refractivity contribution in [1.29, 1.82) is 0 Å². The second-order valence-electron chi connectivity index (χ2n) is 4.64. The van der Waals surface area contributed by atoms with Crippen LogP contribution in [0.5, 0.6) is 0 Å². The first kappa shape index (κ1) is 15.0. The van der Waals surface area contributed by atoms with Crippen LogP contribution in [-0.4, -0.2) is 28.2 Å². The monoisotopic (exact) mass is 304 g/mol. The molecule has 0 fully saturated rings. The highest BCUT2D eigenvalue weighted by atomic mass is 32.1. The second kappa shape index (κ2) is 6.36. The van der Waals surface area contributed by atoms with Gasteiger partial charge in [-0.1, -0.05) is 12.1 Å². The summed E-state index contributed by atoms with van der Waals surface area (Å²) >= 11 is 1.25. The van der Waals surface area contributed by atoms with E-state index in [4.69, 9.17) is 11.5 Å². The number of anilines is 1. The first-order chi connectivity index (χ1) is 9.97. The topological polar surface area (TPSA) is 102 Å². The minimum Gasteiger partial charge on any atom is -0.399 e. The number of primary amides is 1. The molecule has 0 unspecified atom stereocenters. The van der Waals surface area contributed by atoms with Crippen molar-refractivity contribution in [1.82, 2.24) is 9.88 Å². The molecule has 0 bridgehead atoms. The second-order valence-corrected chi connectivity index (χ2v) is 5.49. The van der Waals surface area contributed by atoms with E-state index in [1.807, 2.05) is 6.07 Å². The van der Waals surface area contributed by atoms with Crippen LogP contribution in [0.3, 0.4) is 0 Å². The Kier molecular flexibility index (Phi) is 4.54. The van der Waals surface area contributed by atoms with Crippen LogP contribution >= 0.6 is 11.3 Å². The molecule has 0 spiro atoms. The van der Waals surface area contributed by atoms with Gasteiger partial charge in [0, 0.05) is 12.2 Å². The third-order valence-corrected chi connectivity index (χ3v) is 3.81. The number of aryl methyl sites for hydroxylation is 1. The molecule has 7 heteroatoms. The van der Waals surface area contributed by atoms with Gasteiger partial charge in [0.25, 0.3) is 5.91 Å². The average Bonchev–Trinajstić information content (AvgIpc) is 2.83. The standard InChI is InChI=1S/C14H16N4O2S/c1-9-13(21-8-17-9)14(20)18(7-12(16)19)6-10-3-2-4-11(15)5-10/h2-5,8H,6-7,15H2,1H3,(H2,16,19). The molecule has 21 heavy (non-hydrogen) atoms. The Bertz CT molecular complexity index is 668. The number of benzene rings is 1. The molecule has 2 amide bonds. The molecule has 4 N–H and O–H groups in total. The zero-order valence-electron chi connectivity index (χ0n) is 11.6. The predicted octanol–water partition coefficient (Wildman–Crippen LogP) is 1.16. The summed E-state index contributed by atoms with van der Waals surface area (Å²) in [6, 6.07) is 7.17. The van der Waals surface area contributed by atoms with E-state index in [1.165, 1.54) is 16.2 Å². The zero-order valence-corrected chi connectivity index (χ0v) is 12.4. The van der Waals surface area contributed by atoms with Gasteiger partial charge in [0.2, 0.25) is 5.91 Å². The maximum atomic E-state index is 12.5. The molecule has 110 valence electrons. The van der Waals surface area contributed by atoms with E-state index in [0.29, 0.717) is 16.3 Å². The van der Waals surface area contributed by atoms with Crippen LogP contribution in [0.2, 0.25) is 0 Å². The first-order valence-corrected chi connectivity index (χ1v) is 7.17. The summed E-state index contributed by atoms with van der Waals surface area (Å²) in [5, 5.41) is 0. The number of aromatic nitrogens is 1. The van der Waals surface area contributed by atoms with Crippen molar-refractivity contribution >= 4 is 28.8 Å². The van der Waals surface area contributed by atoms with E-state index in [1.54, 1.807) is 30.6 Å². The lowest BCUT2D eigenvalue weighted by Gasteiger charge is -2.21. The molecule has 0 atom stereocenters. The number of nitrogens with two attached hydrogens (primary N) is 2. The number of hydrogen-bond donors (Lipinski definition) is 2. The smallest absolute Gasteiger partial charge is 0.266 e. The van der Waals surface area contributed by atoms with Gasteiger partial charge in [0.1, 0.15) is 11.4 Å². The van der Waals surface area contributed by atoms with Gasteiger partial charge in [-0.05, 0) is 24.6 Å². The predicted molar refractivity (Wildman–Crippen MR) is 81.6 cm³/mol. The summed E-state index contributed by atoms with van der Waals surface area (Å²) < 4.78 is 0. The van der Waals surface area contributed by atoms with E-state index >= 15 is 0 Å². The SMILES string of the molecule is Cc1ncsc1C(=O)N(CC(N)=O)Cc1cccc(N)c1. The van der Waals surface area contributed by atoms with Crippen molar-refractivity contribution in [2.75, 3.05) is 12.3 Å². The van der Waals surface area contributed by atoms with Gasteiger partial charge in [0.05, 0.1) is 11.2 Å². The van der Waals surface area contributed by atoms with Gasteiger partial charge in [-0.3, -0.25) is 9.59 Å². The summed E-state index contributed by atoms with van der Waals surface area (Å²) in [6.45, 7) is 1.88. The van der Waals surface area contributed by atoms with Crippen LogP contribution in [0, 0.1) is 6.92 Å². The molecule has 1 aromatic carbocycles. The molecule has 0 aliphatic carbocycles. The van der Waals surface area contributed by atoms with E-state index in [0.717, 1.165) is 5.56 Å². The van der Waals surface area contributed by atoms with E-state index in [2.05, 4.69) is 4.98 Å². The van der Waals surface area contributed by atoms with Gasteiger partial charge in [-0.15, -0.1) is 11.3 Å². The first-order valence-electron chi connectivity index (χ1n) is 6.29. The number of hydrogen-bond acceptors (Lipinski definition) is 5. The number of carbonyl (C=O) groups is 2. The molecular formula is C14H16N4O2S. The lowest BCUT2D eigenvalue weighted by Crippen LogP contribution is -2.38. The fourth-order valence-corrected chi connectivity index (χ4v) is 2.72. The molecule has 2 rings (SSSR count). The lowest BCUT2D eigenvalue weighted by atomic mass is 10.2. The van der Waals surface area contributed by atoms with Gasteiger partial charge in [-0.25, -0.2) is 4.98 Å². The van der Waals surface area contributed by atoms with Gasteiger partial charge < -0.3 is 16.4 Å². The maximum Gasteiger partial charge on any atom is 0.266 e. The molecule has 0 radical (unpaired) electrons. The average molecular weight is 304 g/mol. The van der Waals surface area contributed by atoms with Gasteiger partial charge in [0.15, 0.2) is 0 Å². The molecule has 2 aromatic rings. The third-order valence-electron chi connectivity index (χ3n) is 2.90. The molecular weight excluding hydrogens is 288 g/mol. The third kappa shape index (κ3) is 3.79. The largest absolute Gasteiger partial charge is 0.399 e. The Labute approximate surface area is 126 Å². The van der Waals surface area contributed by atoms with Crippen LogP contribution in [0.1, 0.15) is 20.9 Å². The maximum absolute atomic E-state index is 12.5. The Morgan fingerprint density at radius 1 is 1.38 bits per heavy atom. The highest BCUT2D eigenvalue weighted by Gasteiger charge is 2.21. The van der Waals surface area contributed by atoms with Crippen LogP contribution in [0.15, 0.2) is 29.8 Å². The molecule has 1 heterocycles. The highest BCUT2D eigenvalue weighted by molar-refractivity contribution is 7.11. The summed E-state index contributed by atoms with van der Waals surface area (Å²) in [6.07, 6.45) is 0. The van der Waals surface area contributed by atoms with Crippen molar-refractivity contribution < 1.29 is 9.59 Å². The normalized spacial score (nSPS) is 10.3. The lowest BCUT2D eigenvalue weighted by molar-refractivity contribution is -0.118. The fourth-order valence-electron chi connectivity index (χ4n) is 1.95. The molecule has 0 saturated heterocycles. The van der Waals surface area contributed by atoms with Gasteiger partial charge >= 0.3 is 0 Å². The summed E-state index contributed by atoms with van der Waals surface area (Å²) in [5.41, 5.74) is 14.7. The van der Waals surface area contributed by atoms with Crippen molar-refractivity contribution in [2.45, 2.75) is 13.5 Å².